The standard InChI is InChI=1S/C21H18ClNO6/c1-21(2)28-19(25)16(20(26)29-21)11-23-17-9-8-14(27-3)10-15(17)18(24)12-4-6-13(22)7-5-12/h4-11,23H,1-3H3. The molecule has 150 valence electrons. The molecule has 0 radical (unpaired) electrons. The second-order valence-electron chi connectivity index (χ2n) is 6.63. The lowest BCUT2D eigenvalue weighted by Crippen LogP contribution is -2.42. The zero-order valence-electron chi connectivity index (χ0n) is 15.9. The summed E-state index contributed by atoms with van der Waals surface area (Å²) < 4.78 is 15.3. The van der Waals surface area contributed by atoms with Gasteiger partial charge in [0.2, 0.25) is 0 Å². The van der Waals surface area contributed by atoms with Gasteiger partial charge in [0.25, 0.3) is 5.79 Å². The Balaban J connectivity index is 1.94. The van der Waals surface area contributed by atoms with E-state index in [0.717, 1.165) is 6.20 Å². The maximum Gasteiger partial charge on any atom is 0.350 e. The van der Waals surface area contributed by atoms with E-state index in [1.807, 2.05) is 0 Å². The second kappa shape index (κ2) is 7.97. The average molecular weight is 416 g/mol. The van der Waals surface area contributed by atoms with Crippen molar-refractivity contribution in [1.82, 2.24) is 0 Å². The van der Waals surface area contributed by atoms with Crippen LogP contribution in [0.3, 0.4) is 0 Å². The Bertz CT molecular complexity index is 988. The summed E-state index contributed by atoms with van der Waals surface area (Å²) in [7, 11) is 1.48. The van der Waals surface area contributed by atoms with Gasteiger partial charge in [-0.15, -0.1) is 0 Å². The van der Waals surface area contributed by atoms with E-state index in [2.05, 4.69) is 5.32 Å². The number of cyclic esters (lactones) is 2. The summed E-state index contributed by atoms with van der Waals surface area (Å²) in [6.07, 6.45) is 1.15. The van der Waals surface area contributed by atoms with E-state index in [9.17, 15) is 14.4 Å². The van der Waals surface area contributed by atoms with Crippen LogP contribution in [0.1, 0.15) is 29.8 Å². The lowest BCUT2D eigenvalue weighted by Gasteiger charge is -2.29. The third-order valence-electron chi connectivity index (χ3n) is 4.07. The molecule has 8 heteroatoms. The van der Waals surface area contributed by atoms with Crippen LogP contribution in [0.5, 0.6) is 5.75 Å². The van der Waals surface area contributed by atoms with E-state index < -0.39 is 17.7 Å². The fourth-order valence-electron chi connectivity index (χ4n) is 2.65. The lowest BCUT2D eigenvalue weighted by atomic mass is 10.0. The summed E-state index contributed by atoms with van der Waals surface area (Å²) in [5, 5.41) is 3.33. The molecular weight excluding hydrogens is 398 g/mol. The number of halogens is 1. The molecule has 1 fully saturated rings. The fraction of sp³-hybridized carbons (Fsp3) is 0.190. The molecule has 7 nitrogen and oxygen atoms in total. The van der Waals surface area contributed by atoms with Crippen LogP contribution >= 0.6 is 11.6 Å². The van der Waals surface area contributed by atoms with Gasteiger partial charge in [0, 0.05) is 41.9 Å². The predicted octanol–water partition coefficient (Wildman–Crippen LogP) is 3.71. The van der Waals surface area contributed by atoms with Crippen molar-refractivity contribution in [2.24, 2.45) is 0 Å². The highest BCUT2D eigenvalue weighted by molar-refractivity contribution is 6.30. The zero-order valence-corrected chi connectivity index (χ0v) is 16.7. The van der Waals surface area contributed by atoms with Crippen LogP contribution < -0.4 is 10.1 Å². The van der Waals surface area contributed by atoms with Gasteiger partial charge >= 0.3 is 11.9 Å². The minimum absolute atomic E-state index is 0.279. The number of ketones is 1. The fourth-order valence-corrected chi connectivity index (χ4v) is 2.78. The molecular formula is C21H18ClNO6. The summed E-state index contributed by atoms with van der Waals surface area (Å²) in [6.45, 7) is 2.92. The Morgan fingerprint density at radius 3 is 2.28 bits per heavy atom. The van der Waals surface area contributed by atoms with Gasteiger partial charge in [-0.3, -0.25) is 4.79 Å². The van der Waals surface area contributed by atoms with E-state index in [1.165, 1.54) is 21.0 Å². The number of benzene rings is 2. The van der Waals surface area contributed by atoms with E-state index in [4.69, 9.17) is 25.8 Å². The molecule has 1 aliphatic rings. The SMILES string of the molecule is COc1ccc(NC=C2C(=O)OC(C)(C)OC2=O)c(C(=O)c2ccc(Cl)cc2)c1. The number of hydrogen-bond acceptors (Lipinski definition) is 7. The molecule has 3 rings (SSSR count). The predicted molar refractivity (Wildman–Crippen MR) is 106 cm³/mol. The van der Waals surface area contributed by atoms with Crippen LogP contribution in [0, 0.1) is 0 Å². The molecule has 1 saturated heterocycles. The first-order chi connectivity index (χ1) is 13.7. The minimum atomic E-state index is -1.33. The minimum Gasteiger partial charge on any atom is -0.497 e. The first kappa shape index (κ1) is 20.4. The van der Waals surface area contributed by atoms with E-state index in [-0.39, 0.29) is 16.9 Å². The Kier molecular flexibility index (Phi) is 5.61. The number of rotatable bonds is 5. The Morgan fingerprint density at radius 1 is 1.07 bits per heavy atom. The van der Waals surface area contributed by atoms with Gasteiger partial charge in [-0.05, 0) is 42.5 Å². The molecule has 0 atom stereocenters. The molecule has 1 aliphatic heterocycles. The molecule has 1 heterocycles. The van der Waals surface area contributed by atoms with Crippen molar-refractivity contribution in [3.63, 3.8) is 0 Å². The van der Waals surface area contributed by atoms with Gasteiger partial charge in [0.1, 0.15) is 5.75 Å². The molecule has 0 saturated carbocycles. The Hall–Kier alpha value is -3.32. The third-order valence-corrected chi connectivity index (χ3v) is 4.32. The maximum atomic E-state index is 13.0. The number of carbonyl (C=O) groups is 3. The van der Waals surface area contributed by atoms with Gasteiger partial charge in [-0.2, -0.15) is 0 Å². The van der Waals surface area contributed by atoms with Crippen molar-refractivity contribution in [2.75, 3.05) is 12.4 Å². The number of hydrogen-bond donors (Lipinski definition) is 1. The summed E-state index contributed by atoms with van der Waals surface area (Å²) in [6, 6.07) is 11.2. The number of carbonyl (C=O) groups excluding carboxylic acids is 3. The van der Waals surface area contributed by atoms with Crippen molar-refractivity contribution in [1.29, 1.82) is 0 Å². The van der Waals surface area contributed by atoms with Crippen molar-refractivity contribution in [3.8, 4) is 5.75 Å². The first-order valence-corrected chi connectivity index (χ1v) is 8.99. The highest BCUT2D eigenvalue weighted by Crippen LogP contribution is 2.27. The van der Waals surface area contributed by atoms with E-state index >= 15 is 0 Å². The van der Waals surface area contributed by atoms with Gasteiger partial charge in [-0.1, -0.05) is 11.6 Å². The molecule has 1 N–H and O–H groups in total. The van der Waals surface area contributed by atoms with Crippen LogP contribution in [0.2, 0.25) is 5.02 Å². The molecule has 2 aromatic rings. The lowest BCUT2D eigenvalue weighted by molar-refractivity contribution is -0.222. The average Bonchev–Trinajstić information content (AvgIpc) is 2.66. The number of ether oxygens (including phenoxy) is 3. The summed E-state index contributed by atoms with van der Waals surface area (Å²) >= 11 is 5.89. The van der Waals surface area contributed by atoms with Crippen molar-refractivity contribution in [3.05, 3.63) is 70.4 Å². The maximum absolute atomic E-state index is 13.0. The molecule has 0 bridgehead atoms. The van der Waals surface area contributed by atoms with E-state index in [0.29, 0.717) is 22.0 Å². The van der Waals surface area contributed by atoms with Crippen LogP contribution in [-0.4, -0.2) is 30.6 Å². The Labute approximate surface area is 172 Å². The topological polar surface area (TPSA) is 90.9 Å². The normalized spacial score (nSPS) is 15.2. The molecule has 2 aromatic carbocycles. The smallest absolute Gasteiger partial charge is 0.350 e. The van der Waals surface area contributed by atoms with Gasteiger partial charge in [0.15, 0.2) is 11.4 Å². The van der Waals surface area contributed by atoms with Crippen LogP contribution in [0.15, 0.2) is 54.2 Å². The molecule has 0 amide bonds. The Morgan fingerprint density at radius 2 is 1.69 bits per heavy atom. The molecule has 0 aliphatic carbocycles. The largest absolute Gasteiger partial charge is 0.497 e. The highest BCUT2D eigenvalue weighted by Gasteiger charge is 2.39. The van der Waals surface area contributed by atoms with E-state index in [1.54, 1.807) is 42.5 Å². The van der Waals surface area contributed by atoms with Crippen molar-refractivity contribution >= 4 is 35.0 Å². The first-order valence-electron chi connectivity index (χ1n) is 8.62. The number of nitrogens with one attached hydrogen (secondary N) is 1. The van der Waals surface area contributed by atoms with Gasteiger partial charge in [0.05, 0.1) is 7.11 Å². The summed E-state index contributed by atoms with van der Waals surface area (Å²) in [4.78, 5) is 37.1. The monoisotopic (exact) mass is 415 g/mol. The second-order valence-corrected chi connectivity index (χ2v) is 7.07. The quantitative estimate of drug-likeness (QED) is 0.344. The van der Waals surface area contributed by atoms with Crippen LogP contribution in [-0.2, 0) is 19.1 Å². The number of methoxy groups -OCH3 is 1. The molecule has 0 aromatic heterocycles. The summed E-state index contributed by atoms with van der Waals surface area (Å²) in [5.41, 5.74) is 0.742. The van der Waals surface area contributed by atoms with Crippen LogP contribution in [0.25, 0.3) is 0 Å². The zero-order chi connectivity index (χ0) is 21.2. The highest BCUT2D eigenvalue weighted by atomic mass is 35.5. The molecule has 0 spiro atoms. The number of esters is 2. The van der Waals surface area contributed by atoms with Crippen LogP contribution in [0.4, 0.5) is 5.69 Å². The summed E-state index contributed by atoms with van der Waals surface area (Å²) in [5.74, 6) is -2.80. The van der Waals surface area contributed by atoms with Crippen molar-refractivity contribution < 1.29 is 28.6 Å². The number of anilines is 1. The van der Waals surface area contributed by atoms with Crippen molar-refractivity contribution in [2.45, 2.75) is 19.6 Å². The third kappa shape index (κ3) is 4.57. The van der Waals surface area contributed by atoms with Gasteiger partial charge in [-0.25, -0.2) is 9.59 Å². The molecule has 0 unspecified atom stereocenters. The van der Waals surface area contributed by atoms with Gasteiger partial charge < -0.3 is 19.5 Å². The molecule has 29 heavy (non-hydrogen) atoms.